The highest BCUT2D eigenvalue weighted by Crippen LogP contribution is 2.28. The van der Waals surface area contributed by atoms with Gasteiger partial charge in [-0.3, -0.25) is 0 Å². The number of aromatic nitrogens is 5. The average Bonchev–Trinajstić information content (AvgIpc) is 3.23. The Bertz CT molecular complexity index is 807. The molecule has 0 bridgehead atoms. The highest BCUT2D eigenvalue weighted by atomic mass is 16.5. The van der Waals surface area contributed by atoms with E-state index in [4.69, 9.17) is 4.74 Å². The first-order valence-corrected chi connectivity index (χ1v) is 7.99. The van der Waals surface area contributed by atoms with E-state index in [9.17, 15) is 0 Å². The monoisotopic (exact) mass is 309 g/mol. The molecular formula is C17H19N5O. The van der Waals surface area contributed by atoms with Gasteiger partial charge in [0.05, 0.1) is 6.54 Å². The Labute approximate surface area is 134 Å². The lowest BCUT2D eigenvalue weighted by atomic mass is 10.0. The molecule has 1 aliphatic rings. The zero-order chi connectivity index (χ0) is 15.6. The first-order valence-electron chi connectivity index (χ1n) is 7.99. The van der Waals surface area contributed by atoms with Gasteiger partial charge in [-0.1, -0.05) is 18.2 Å². The van der Waals surface area contributed by atoms with Crippen molar-refractivity contribution in [3.63, 3.8) is 0 Å². The highest BCUT2D eigenvalue weighted by molar-refractivity contribution is 5.43. The molecule has 1 atom stereocenters. The van der Waals surface area contributed by atoms with Crippen molar-refractivity contribution in [2.45, 2.75) is 39.0 Å². The van der Waals surface area contributed by atoms with Gasteiger partial charge in [0.25, 0.3) is 0 Å². The maximum absolute atomic E-state index is 6.14. The van der Waals surface area contributed by atoms with Gasteiger partial charge in [0.15, 0.2) is 11.6 Å². The Balaban J connectivity index is 1.56. The van der Waals surface area contributed by atoms with E-state index in [1.54, 1.807) is 12.5 Å². The van der Waals surface area contributed by atoms with Gasteiger partial charge in [0, 0.05) is 18.9 Å². The average molecular weight is 309 g/mol. The van der Waals surface area contributed by atoms with Crippen LogP contribution in [-0.2, 0) is 19.5 Å². The van der Waals surface area contributed by atoms with Crippen LogP contribution in [0.1, 0.15) is 18.9 Å². The number of ether oxygens (including phenoxy) is 1. The van der Waals surface area contributed by atoms with Gasteiger partial charge in [-0.2, -0.15) is 5.10 Å². The summed E-state index contributed by atoms with van der Waals surface area (Å²) in [4.78, 5) is 8.81. The van der Waals surface area contributed by atoms with Crippen molar-refractivity contribution in [2.75, 3.05) is 0 Å². The Kier molecular flexibility index (Phi) is 3.57. The number of hydrogen-bond donors (Lipinski definition) is 0. The van der Waals surface area contributed by atoms with Gasteiger partial charge in [-0.25, -0.2) is 14.6 Å². The molecule has 0 saturated carbocycles. The summed E-state index contributed by atoms with van der Waals surface area (Å²) < 4.78 is 10.1. The number of imidazole rings is 1. The molecule has 3 heterocycles. The fraction of sp³-hybridized carbons (Fsp3) is 0.353. The van der Waals surface area contributed by atoms with Crippen LogP contribution in [-0.4, -0.2) is 30.4 Å². The summed E-state index contributed by atoms with van der Waals surface area (Å²) in [5, 5.41) is 4.23. The van der Waals surface area contributed by atoms with Gasteiger partial charge in [-0.05, 0) is 31.4 Å². The molecule has 6 heteroatoms. The molecule has 0 N–H and O–H groups in total. The Morgan fingerprint density at radius 3 is 3.04 bits per heavy atom. The number of nitrogens with zero attached hydrogens (tertiary/aromatic N) is 5. The molecule has 1 aromatic carbocycles. The summed E-state index contributed by atoms with van der Waals surface area (Å²) in [5.41, 5.74) is 1.29. The second kappa shape index (κ2) is 5.87. The van der Waals surface area contributed by atoms with Crippen LogP contribution in [0.15, 0.2) is 43.0 Å². The number of para-hydroxylation sites is 1. The minimum Gasteiger partial charge on any atom is -0.488 e. The van der Waals surface area contributed by atoms with Crippen LogP contribution in [0.4, 0.5) is 0 Å². The lowest BCUT2D eigenvalue weighted by Crippen LogP contribution is -2.27. The van der Waals surface area contributed by atoms with Crippen molar-refractivity contribution in [1.29, 1.82) is 0 Å². The van der Waals surface area contributed by atoms with Crippen molar-refractivity contribution in [2.24, 2.45) is 0 Å². The van der Waals surface area contributed by atoms with E-state index in [1.807, 2.05) is 29.9 Å². The molecule has 0 aliphatic carbocycles. The van der Waals surface area contributed by atoms with Crippen LogP contribution in [0.25, 0.3) is 11.6 Å². The van der Waals surface area contributed by atoms with Gasteiger partial charge < -0.3 is 9.30 Å². The minimum absolute atomic E-state index is 0.149. The lowest BCUT2D eigenvalue weighted by molar-refractivity contribution is 0.154. The Hall–Kier alpha value is -2.63. The largest absolute Gasteiger partial charge is 0.488 e. The number of rotatable bonds is 4. The van der Waals surface area contributed by atoms with E-state index >= 15 is 0 Å². The number of fused-ring (bicyclic) bond motifs is 1. The van der Waals surface area contributed by atoms with Crippen molar-refractivity contribution in [3.8, 4) is 17.4 Å². The molecule has 0 amide bonds. The highest BCUT2D eigenvalue weighted by Gasteiger charge is 2.21. The number of benzene rings is 1. The summed E-state index contributed by atoms with van der Waals surface area (Å²) in [7, 11) is 0. The Morgan fingerprint density at radius 2 is 2.13 bits per heavy atom. The van der Waals surface area contributed by atoms with Gasteiger partial charge >= 0.3 is 0 Å². The predicted octanol–water partition coefficient (Wildman–Crippen LogP) is 2.56. The number of hydrogen-bond acceptors (Lipinski definition) is 4. The smallest absolute Gasteiger partial charge is 0.194 e. The minimum atomic E-state index is 0.149. The molecule has 23 heavy (non-hydrogen) atoms. The fourth-order valence-electron chi connectivity index (χ4n) is 3.06. The molecule has 0 radical (unpaired) electrons. The predicted molar refractivity (Wildman–Crippen MR) is 86.1 cm³/mol. The summed E-state index contributed by atoms with van der Waals surface area (Å²) in [6, 6.07) is 8.27. The quantitative estimate of drug-likeness (QED) is 0.743. The van der Waals surface area contributed by atoms with Gasteiger partial charge in [-0.15, -0.1) is 0 Å². The third-order valence-corrected chi connectivity index (χ3v) is 4.23. The summed E-state index contributed by atoms with van der Waals surface area (Å²) >= 11 is 0. The molecule has 0 unspecified atom stereocenters. The van der Waals surface area contributed by atoms with Crippen LogP contribution in [0.5, 0.6) is 5.75 Å². The topological polar surface area (TPSA) is 57.8 Å². The zero-order valence-electron chi connectivity index (χ0n) is 13.1. The second-order valence-corrected chi connectivity index (χ2v) is 5.69. The molecule has 3 aromatic rings. The zero-order valence-corrected chi connectivity index (χ0v) is 13.1. The molecule has 0 fully saturated rings. The van der Waals surface area contributed by atoms with Crippen LogP contribution in [0.3, 0.4) is 0 Å². The standard InChI is InChI=1S/C17H19N5O/c1-2-22-17(19-12-20-22)16-18-9-10-21(16)11-14-8-7-13-5-3-4-6-15(13)23-14/h3-6,9-10,12,14H,2,7-8,11H2,1H3/t14-/m1/s1. The summed E-state index contributed by atoms with van der Waals surface area (Å²) in [6.45, 7) is 3.59. The summed E-state index contributed by atoms with van der Waals surface area (Å²) in [6.07, 6.45) is 7.57. The second-order valence-electron chi connectivity index (χ2n) is 5.69. The van der Waals surface area contributed by atoms with E-state index in [-0.39, 0.29) is 6.10 Å². The van der Waals surface area contributed by atoms with Crippen LogP contribution in [0.2, 0.25) is 0 Å². The van der Waals surface area contributed by atoms with Crippen LogP contribution in [0, 0.1) is 0 Å². The Morgan fingerprint density at radius 1 is 1.22 bits per heavy atom. The lowest BCUT2D eigenvalue weighted by Gasteiger charge is -2.26. The van der Waals surface area contributed by atoms with E-state index < -0.39 is 0 Å². The molecule has 0 spiro atoms. The number of aryl methyl sites for hydroxylation is 2. The maximum atomic E-state index is 6.14. The van der Waals surface area contributed by atoms with E-state index in [0.29, 0.717) is 0 Å². The third-order valence-electron chi connectivity index (χ3n) is 4.23. The molecule has 118 valence electrons. The van der Waals surface area contributed by atoms with Crippen LogP contribution < -0.4 is 4.74 Å². The van der Waals surface area contributed by atoms with Gasteiger partial charge in [0.1, 0.15) is 18.2 Å². The molecule has 1 aliphatic heterocycles. The van der Waals surface area contributed by atoms with Crippen LogP contribution >= 0.6 is 0 Å². The van der Waals surface area contributed by atoms with Crippen molar-refractivity contribution in [1.82, 2.24) is 24.3 Å². The molecular weight excluding hydrogens is 290 g/mol. The fourth-order valence-corrected chi connectivity index (χ4v) is 3.06. The third kappa shape index (κ3) is 2.60. The molecule has 0 saturated heterocycles. The van der Waals surface area contributed by atoms with Crippen molar-refractivity contribution >= 4 is 0 Å². The normalized spacial score (nSPS) is 16.8. The molecule has 4 rings (SSSR count). The van der Waals surface area contributed by atoms with Crippen molar-refractivity contribution in [3.05, 3.63) is 48.5 Å². The van der Waals surface area contributed by atoms with E-state index in [0.717, 1.165) is 43.3 Å². The molecule has 6 nitrogen and oxygen atoms in total. The first-order chi connectivity index (χ1) is 11.3. The first kappa shape index (κ1) is 14.0. The maximum Gasteiger partial charge on any atom is 0.194 e. The van der Waals surface area contributed by atoms with E-state index in [2.05, 4.69) is 31.8 Å². The van der Waals surface area contributed by atoms with Gasteiger partial charge in [0.2, 0.25) is 0 Å². The van der Waals surface area contributed by atoms with E-state index in [1.165, 1.54) is 5.56 Å². The molecule has 2 aromatic heterocycles. The SMILES string of the molecule is CCn1ncnc1-c1nccn1C[C@H]1CCc2ccccc2O1. The van der Waals surface area contributed by atoms with Crippen molar-refractivity contribution < 1.29 is 4.74 Å². The summed E-state index contributed by atoms with van der Waals surface area (Å²) in [5.74, 6) is 2.64.